The first kappa shape index (κ1) is 19.1. The zero-order valence-electron chi connectivity index (χ0n) is 15.1. The Morgan fingerprint density at radius 1 is 1.22 bits per heavy atom. The largest absolute Gasteiger partial charge is 0.490 e. The van der Waals surface area contributed by atoms with Crippen LogP contribution < -0.4 is 10.2 Å². The molecule has 7 heteroatoms. The van der Waals surface area contributed by atoms with Crippen molar-refractivity contribution in [1.29, 1.82) is 0 Å². The van der Waals surface area contributed by atoms with Crippen molar-refractivity contribution < 1.29 is 14.3 Å². The Balaban J connectivity index is 1.73. The second-order valence-corrected chi connectivity index (χ2v) is 6.84. The van der Waals surface area contributed by atoms with Crippen LogP contribution in [0.4, 0.5) is 0 Å². The molecule has 2 heterocycles. The van der Waals surface area contributed by atoms with Crippen molar-refractivity contribution in [1.82, 2.24) is 9.55 Å². The number of nitrogens with zero attached hydrogens (tertiary/aromatic N) is 2. The third-order valence-corrected chi connectivity index (χ3v) is 4.50. The molecule has 2 aromatic heterocycles. The van der Waals surface area contributed by atoms with E-state index in [0.717, 1.165) is 10.2 Å². The SMILES string of the molecule is CCn1cc(C(=O)OCCOc2cccc(Br)c2)c(=O)c2ccc(C)nc21. The van der Waals surface area contributed by atoms with E-state index in [-0.39, 0.29) is 24.2 Å². The van der Waals surface area contributed by atoms with E-state index in [9.17, 15) is 9.59 Å². The van der Waals surface area contributed by atoms with E-state index in [0.29, 0.717) is 23.3 Å². The van der Waals surface area contributed by atoms with Crippen LogP contribution in [0.25, 0.3) is 11.0 Å². The maximum Gasteiger partial charge on any atom is 0.343 e. The lowest BCUT2D eigenvalue weighted by Gasteiger charge is -2.11. The fraction of sp³-hybridized carbons (Fsp3) is 0.250. The van der Waals surface area contributed by atoms with E-state index in [1.807, 2.05) is 38.1 Å². The molecule has 6 nitrogen and oxygen atoms in total. The number of fused-ring (bicyclic) bond motifs is 1. The van der Waals surface area contributed by atoms with Crippen LogP contribution in [0, 0.1) is 6.92 Å². The van der Waals surface area contributed by atoms with Crippen molar-refractivity contribution in [2.45, 2.75) is 20.4 Å². The number of rotatable bonds is 6. The highest BCUT2D eigenvalue weighted by Gasteiger charge is 2.17. The van der Waals surface area contributed by atoms with Crippen LogP contribution in [0.1, 0.15) is 23.0 Å². The molecule has 0 saturated heterocycles. The maximum absolute atomic E-state index is 12.7. The van der Waals surface area contributed by atoms with Gasteiger partial charge in [0.05, 0.1) is 5.39 Å². The van der Waals surface area contributed by atoms with Gasteiger partial charge in [-0.15, -0.1) is 0 Å². The van der Waals surface area contributed by atoms with Gasteiger partial charge in [-0.3, -0.25) is 4.79 Å². The molecule has 0 bridgehead atoms. The first-order valence-corrected chi connectivity index (χ1v) is 9.35. The van der Waals surface area contributed by atoms with Crippen LogP contribution >= 0.6 is 15.9 Å². The zero-order valence-corrected chi connectivity index (χ0v) is 16.7. The molecule has 0 saturated carbocycles. The van der Waals surface area contributed by atoms with Gasteiger partial charge in [0.15, 0.2) is 0 Å². The number of pyridine rings is 2. The van der Waals surface area contributed by atoms with Crippen LogP contribution in [0.15, 0.2) is 51.9 Å². The fourth-order valence-electron chi connectivity index (χ4n) is 2.67. The van der Waals surface area contributed by atoms with Crippen molar-refractivity contribution in [3.05, 3.63) is 68.5 Å². The number of aryl methyl sites for hydroxylation is 2. The van der Waals surface area contributed by atoms with Crippen LogP contribution in [-0.4, -0.2) is 28.7 Å². The standard InChI is InChI=1S/C20H19BrN2O4/c1-3-23-12-17(18(24)16-8-7-13(2)22-19(16)23)20(25)27-10-9-26-15-6-4-5-14(21)11-15/h4-8,11-12H,3,9-10H2,1-2H3. The summed E-state index contributed by atoms with van der Waals surface area (Å²) in [5.74, 6) is 0.00318. The molecule has 3 aromatic rings. The van der Waals surface area contributed by atoms with Crippen LogP contribution in [0.3, 0.4) is 0 Å². The number of hydrogen-bond acceptors (Lipinski definition) is 5. The predicted molar refractivity (Wildman–Crippen MR) is 106 cm³/mol. The van der Waals surface area contributed by atoms with E-state index < -0.39 is 5.97 Å². The Kier molecular flexibility index (Phi) is 5.91. The summed E-state index contributed by atoms with van der Waals surface area (Å²) < 4.78 is 13.4. The zero-order chi connectivity index (χ0) is 19.4. The van der Waals surface area contributed by atoms with Gasteiger partial charge in [0.2, 0.25) is 5.43 Å². The number of aromatic nitrogens is 2. The van der Waals surface area contributed by atoms with Crippen molar-refractivity contribution >= 4 is 32.9 Å². The van der Waals surface area contributed by atoms with Gasteiger partial charge < -0.3 is 14.0 Å². The second-order valence-electron chi connectivity index (χ2n) is 5.92. The molecule has 0 N–H and O–H groups in total. The summed E-state index contributed by atoms with van der Waals surface area (Å²) in [5, 5.41) is 0.405. The number of esters is 1. The molecule has 0 unspecified atom stereocenters. The summed E-state index contributed by atoms with van der Waals surface area (Å²) in [6.45, 7) is 4.60. The molecule has 1 aromatic carbocycles. The minimum atomic E-state index is -0.664. The molecule has 0 atom stereocenters. The summed E-state index contributed by atoms with van der Waals surface area (Å²) in [7, 11) is 0. The smallest absolute Gasteiger partial charge is 0.343 e. The van der Waals surface area contributed by atoms with E-state index in [1.54, 1.807) is 16.7 Å². The van der Waals surface area contributed by atoms with Crippen molar-refractivity contribution in [2.75, 3.05) is 13.2 Å². The molecule has 140 valence electrons. The molecule has 0 radical (unpaired) electrons. The van der Waals surface area contributed by atoms with Crippen molar-refractivity contribution in [2.24, 2.45) is 0 Å². The van der Waals surface area contributed by atoms with Crippen LogP contribution in [0.2, 0.25) is 0 Å². The molecule has 0 aliphatic heterocycles. The third-order valence-electron chi connectivity index (χ3n) is 4.00. The molecular formula is C20H19BrN2O4. The average Bonchev–Trinajstić information content (AvgIpc) is 2.65. The number of carbonyl (C=O) groups excluding carboxylic acids is 1. The van der Waals surface area contributed by atoms with Gasteiger partial charge in [0.1, 0.15) is 30.2 Å². The second kappa shape index (κ2) is 8.35. The summed E-state index contributed by atoms with van der Waals surface area (Å²) in [6.07, 6.45) is 1.51. The van der Waals surface area contributed by atoms with Gasteiger partial charge in [0, 0.05) is 22.9 Å². The van der Waals surface area contributed by atoms with Crippen molar-refractivity contribution in [3.8, 4) is 5.75 Å². The lowest BCUT2D eigenvalue weighted by atomic mass is 10.2. The lowest BCUT2D eigenvalue weighted by molar-refractivity contribution is 0.0448. The highest BCUT2D eigenvalue weighted by Crippen LogP contribution is 2.17. The predicted octanol–water partition coefficient (Wildman–Crippen LogP) is 3.72. The third kappa shape index (κ3) is 4.36. The van der Waals surface area contributed by atoms with E-state index >= 15 is 0 Å². The number of benzene rings is 1. The number of ether oxygens (including phenoxy) is 2. The Bertz CT molecular complexity index is 1050. The van der Waals surface area contributed by atoms with Gasteiger partial charge in [0.25, 0.3) is 0 Å². The van der Waals surface area contributed by atoms with Gasteiger partial charge in [-0.25, -0.2) is 9.78 Å². The monoisotopic (exact) mass is 430 g/mol. The first-order chi connectivity index (χ1) is 13.0. The Morgan fingerprint density at radius 3 is 2.78 bits per heavy atom. The van der Waals surface area contributed by atoms with Gasteiger partial charge in [-0.2, -0.15) is 0 Å². The number of halogens is 1. The highest BCUT2D eigenvalue weighted by atomic mass is 79.9. The number of hydrogen-bond donors (Lipinski definition) is 0. The summed E-state index contributed by atoms with van der Waals surface area (Å²) in [5.41, 5.74) is 0.999. The van der Waals surface area contributed by atoms with Gasteiger partial charge >= 0.3 is 5.97 Å². The maximum atomic E-state index is 12.7. The molecule has 0 amide bonds. The van der Waals surface area contributed by atoms with Gasteiger partial charge in [-0.05, 0) is 44.2 Å². The summed E-state index contributed by atoms with van der Waals surface area (Å²) >= 11 is 3.36. The van der Waals surface area contributed by atoms with E-state index in [4.69, 9.17) is 9.47 Å². The van der Waals surface area contributed by atoms with Crippen LogP contribution in [-0.2, 0) is 11.3 Å². The fourth-order valence-corrected chi connectivity index (χ4v) is 3.05. The average molecular weight is 431 g/mol. The molecule has 0 spiro atoms. The molecular weight excluding hydrogens is 412 g/mol. The van der Waals surface area contributed by atoms with E-state index in [1.165, 1.54) is 6.20 Å². The Labute approximate surface area is 164 Å². The summed E-state index contributed by atoms with van der Waals surface area (Å²) in [6, 6.07) is 10.8. The van der Waals surface area contributed by atoms with Crippen molar-refractivity contribution in [3.63, 3.8) is 0 Å². The Hall–Kier alpha value is -2.67. The summed E-state index contributed by atoms with van der Waals surface area (Å²) in [4.78, 5) is 29.5. The Morgan fingerprint density at radius 2 is 2.04 bits per heavy atom. The quantitative estimate of drug-likeness (QED) is 0.440. The minimum absolute atomic E-state index is 0.00235. The van der Waals surface area contributed by atoms with Crippen LogP contribution in [0.5, 0.6) is 5.75 Å². The van der Waals surface area contributed by atoms with E-state index in [2.05, 4.69) is 20.9 Å². The molecule has 0 aliphatic carbocycles. The number of carbonyl (C=O) groups is 1. The normalized spacial score (nSPS) is 10.8. The lowest BCUT2D eigenvalue weighted by Crippen LogP contribution is -2.22. The molecule has 3 rings (SSSR count). The molecule has 0 aliphatic rings. The first-order valence-electron chi connectivity index (χ1n) is 8.56. The van der Waals surface area contributed by atoms with Gasteiger partial charge in [-0.1, -0.05) is 22.0 Å². The topological polar surface area (TPSA) is 70.4 Å². The molecule has 0 fully saturated rings. The highest BCUT2D eigenvalue weighted by molar-refractivity contribution is 9.10. The molecule has 27 heavy (non-hydrogen) atoms. The minimum Gasteiger partial charge on any atom is -0.490 e.